The summed E-state index contributed by atoms with van der Waals surface area (Å²) in [6.07, 6.45) is -1.03. The minimum absolute atomic E-state index is 0.132. The molecular formula is C28H20ClN3O6. The Morgan fingerprint density at radius 1 is 0.895 bits per heavy atom. The van der Waals surface area contributed by atoms with Crippen molar-refractivity contribution in [2.45, 2.75) is 18.7 Å². The van der Waals surface area contributed by atoms with Crippen LogP contribution in [0.25, 0.3) is 11.3 Å². The van der Waals surface area contributed by atoms with Gasteiger partial charge >= 0.3 is 0 Å². The molecule has 2 saturated heterocycles. The van der Waals surface area contributed by atoms with E-state index in [1.165, 1.54) is 28.2 Å². The predicted octanol–water partition coefficient (Wildman–Crippen LogP) is 5.55. The Hall–Kier alpha value is -4.47. The van der Waals surface area contributed by atoms with Gasteiger partial charge in [0.25, 0.3) is 11.6 Å². The third-order valence-electron chi connectivity index (χ3n) is 6.74. The molecule has 2 aliphatic heterocycles. The highest BCUT2D eigenvalue weighted by atomic mass is 35.5. The molecule has 0 bridgehead atoms. The number of imide groups is 1. The van der Waals surface area contributed by atoms with Gasteiger partial charge in [0.15, 0.2) is 6.10 Å². The summed E-state index contributed by atoms with van der Waals surface area (Å²) in [4.78, 5) is 45.5. The first-order valence-corrected chi connectivity index (χ1v) is 12.2. The second kappa shape index (κ2) is 9.44. The maximum atomic E-state index is 13.7. The van der Waals surface area contributed by atoms with Crippen LogP contribution in [0.1, 0.15) is 17.4 Å². The maximum Gasteiger partial charge on any atom is 0.281 e. The van der Waals surface area contributed by atoms with Gasteiger partial charge in [-0.25, -0.2) is 5.06 Å². The fourth-order valence-electron chi connectivity index (χ4n) is 5.00. The molecule has 0 radical (unpaired) electrons. The lowest BCUT2D eigenvalue weighted by Gasteiger charge is -2.27. The number of halogens is 1. The van der Waals surface area contributed by atoms with Crippen LogP contribution in [-0.4, -0.2) is 27.7 Å². The Bertz CT molecular complexity index is 1540. The molecule has 2 amide bonds. The molecule has 0 saturated carbocycles. The van der Waals surface area contributed by atoms with E-state index in [0.717, 1.165) is 5.56 Å². The number of nitro groups is 1. The van der Waals surface area contributed by atoms with Gasteiger partial charge in [-0.05, 0) is 42.0 Å². The number of benzene rings is 3. The molecule has 2 aliphatic rings. The number of carbonyl (C=O) groups is 2. The molecule has 190 valence electrons. The van der Waals surface area contributed by atoms with Crippen molar-refractivity contribution in [3.63, 3.8) is 0 Å². The summed E-state index contributed by atoms with van der Waals surface area (Å²) in [6.45, 7) is 0.132. The van der Waals surface area contributed by atoms with Gasteiger partial charge in [-0.2, -0.15) is 0 Å². The summed E-state index contributed by atoms with van der Waals surface area (Å²) in [5, 5.41) is 13.4. The lowest BCUT2D eigenvalue weighted by Crippen LogP contribution is -2.36. The van der Waals surface area contributed by atoms with Gasteiger partial charge in [-0.15, -0.1) is 0 Å². The van der Waals surface area contributed by atoms with Crippen LogP contribution in [0, 0.1) is 16.0 Å². The standard InChI is InChI=1S/C28H20ClN3O6/c29-18-11-12-20(21(15-18)32(35)36)22-13-14-23(37-22)25-24-26(38-31(25)19-9-5-2-6-10-19)28(34)30(27(24)33)16-17-7-3-1-4-8-17/h1-15,24-26H,16H2/t24-,25-,26+/m1/s1. The summed E-state index contributed by atoms with van der Waals surface area (Å²) in [6, 6.07) is 25.1. The number of amides is 2. The van der Waals surface area contributed by atoms with Crippen molar-refractivity contribution in [3.8, 4) is 11.3 Å². The average Bonchev–Trinajstić information content (AvgIpc) is 3.62. The highest BCUT2D eigenvalue weighted by Crippen LogP contribution is 2.48. The van der Waals surface area contributed by atoms with Gasteiger partial charge in [0, 0.05) is 11.1 Å². The molecule has 1 aromatic heterocycles. The van der Waals surface area contributed by atoms with Crippen molar-refractivity contribution in [2.75, 3.05) is 5.06 Å². The predicted molar refractivity (Wildman–Crippen MR) is 138 cm³/mol. The monoisotopic (exact) mass is 529 g/mol. The summed E-state index contributed by atoms with van der Waals surface area (Å²) in [7, 11) is 0. The van der Waals surface area contributed by atoms with Gasteiger partial charge < -0.3 is 4.42 Å². The van der Waals surface area contributed by atoms with Crippen molar-refractivity contribution in [1.29, 1.82) is 0 Å². The number of carbonyl (C=O) groups excluding carboxylic acids is 2. The minimum atomic E-state index is -1.03. The molecule has 10 heteroatoms. The smallest absolute Gasteiger partial charge is 0.281 e. The first kappa shape index (κ1) is 23.9. The topological polar surface area (TPSA) is 106 Å². The van der Waals surface area contributed by atoms with E-state index in [4.69, 9.17) is 20.9 Å². The van der Waals surface area contributed by atoms with E-state index < -0.39 is 28.9 Å². The van der Waals surface area contributed by atoms with E-state index in [-0.39, 0.29) is 34.5 Å². The average molecular weight is 530 g/mol. The first-order valence-electron chi connectivity index (χ1n) is 11.9. The normalized spacial score (nSPS) is 20.7. The number of nitrogens with zero attached hydrogens (tertiary/aromatic N) is 3. The van der Waals surface area contributed by atoms with Crippen LogP contribution < -0.4 is 5.06 Å². The summed E-state index contributed by atoms with van der Waals surface area (Å²) >= 11 is 5.97. The van der Waals surface area contributed by atoms with Crippen LogP contribution in [0.15, 0.2) is 95.4 Å². The van der Waals surface area contributed by atoms with Crippen molar-refractivity contribution in [3.05, 3.63) is 117 Å². The second-order valence-electron chi connectivity index (χ2n) is 9.03. The number of rotatable bonds is 6. The van der Waals surface area contributed by atoms with Crippen molar-refractivity contribution in [1.82, 2.24) is 4.90 Å². The maximum absolute atomic E-state index is 13.7. The molecule has 3 heterocycles. The molecule has 6 rings (SSSR count). The molecule has 0 aliphatic carbocycles. The van der Waals surface area contributed by atoms with Gasteiger partial charge in [0.1, 0.15) is 23.5 Å². The van der Waals surface area contributed by atoms with Crippen LogP contribution in [-0.2, 0) is 21.0 Å². The third-order valence-corrected chi connectivity index (χ3v) is 6.98. The number of furan rings is 1. The summed E-state index contributed by atoms with van der Waals surface area (Å²) in [5.41, 5.74) is 1.49. The van der Waals surface area contributed by atoms with Crippen molar-refractivity contribution in [2.24, 2.45) is 5.92 Å². The van der Waals surface area contributed by atoms with Gasteiger partial charge in [-0.3, -0.25) is 29.4 Å². The Kier molecular flexibility index (Phi) is 5.94. The number of nitro benzene ring substituents is 1. The van der Waals surface area contributed by atoms with Crippen LogP contribution in [0.5, 0.6) is 0 Å². The molecule has 0 spiro atoms. The summed E-state index contributed by atoms with van der Waals surface area (Å²) in [5.74, 6) is -1.10. The zero-order valence-electron chi connectivity index (χ0n) is 19.8. The molecule has 3 aromatic carbocycles. The largest absolute Gasteiger partial charge is 0.458 e. The zero-order chi connectivity index (χ0) is 26.4. The molecular weight excluding hydrogens is 510 g/mol. The molecule has 3 atom stereocenters. The Balaban J connectivity index is 1.40. The molecule has 38 heavy (non-hydrogen) atoms. The number of hydrogen-bond acceptors (Lipinski definition) is 7. The molecule has 0 unspecified atom stereocenters. The number of anilines is 1. The van der Waals surface area contributed by atoms with Crippen molar-refractivity contribution >= 4 is 34.8 Å². The number of hydrogen-bond donors (Lipinski definition) is 0. The molecule has 4 aromatic rings. The van der Waals surface area contributed by atoms with E-state index >= 15 is 0 Å². The van der Waals surface area contributed by atoms with Crippen LogP contribution in [0.3, 0.4) is 0 Å². The quantitative estimate of drug-likeness (QED) is 0.183. The van der Waals surface area contributed by atoms with Crippen molar-refractivity contribution < 1.29 is 23.8 Å². The molecule has 2 fully saturated rings. The second-order valence-corrected chi connectivity index (χ2v) is 9.46. The van der Waals surface area contributed by atoms with E-state index in [1.807, 2.05) is 48.5 Å². The number of hydroxylamine groups is 1. The fraction of sp³-hybridized carbons (Fsp3) is 0.143. The van der Waals surface area contributed by atoms with Gasteiger partial charge in [-0.1, -0.05) is 60.1 Å². The number of para-hydroxylation sites is 1. The van der Waals surface area contributed by atoms with E-state index in [1.54, 1.807) is 24.3 Å². The van der Waals surface area contributed by atoms with Gasteiger partial charge in [0.05, 0.1) is 22.7 Å². The Morgan fingerprint density at radius 3 is 2.32 bits per heavy atom. The SMILES string of the molecule is O=C1[C@H]2[C@H](ON(c3ccccc3)[C@@H]2c2ccc(-c3ccc(Cl)cc3[N+](=O)[O-])o2)C(=O)N1Cc1ccccc1. The Morgan fingerprint density at radius 2 is 1.61 bits per heavy atom. The lowest BCUT2D eigenvalue weighted by atomic mass is 9.94. The highest BCUT2D eigenvalue weighted by molar-refractivity contribution is 6.30. The minimum Gasteiger partial charge on any atom is -0.458 e. The zero-order valence-corrected chi connectivity index (χ0v) is 20.5. The van der Waals surface area contributed by atoms with Crippen LogP contribution in [0.4, 0.5) is 11.4 Å². The number of fused-ring (bicyclic) bond motifs is 1. The van der Waals surface area contributed by atoms with E-state index in [0.29, 0.717) is 11.4 Å². The molecule has 0 N–H and O–H groups in total. The molecule has 9 nitrogen and oxygen atoms in total. The summed E-state index contributed by atoms with van der Waals surface area (Å²) < 4.78 is 6.13. The highest BCUT2D eigenvalue weighted by Gasteiger charge is 2.60. The number of likely N-dealkylation sites (tertiary alicyclic amines) is 1. The van der Waals surface area contributed by atoms with Gasteiger partial charge in [0.2, 0.25) is 5.91 Å². The lowest BCUT2D eigenvalue weighted by molar-refractivity contribution is -0.384. The third kappa shape index (κ3) is 4.02. The van der Waals surface area contributed by atoms with Crippen LogP contribution >= 0.6 is 11.6 Å². The van der Waals surface area contributed by atoms with E-state index in [2.05, 4.69) is 0 Å². The van der Waals surface area contributed by atoms with E-state index in [9.17, 15) is 19.7 Å². The Labute approximate surface area is 221 Å². The fourth-order valence-corrected chi connectivity index (χ4v) is 5.17. The van der Waals surface area contributed by atoms with Crippen LogP contribution in [0.2, 0.25) is 5.02 Å². The first-order chi connectivity index (χ1) is 18.4.